The van der Waals surface area contributed by atoms with Gasteiger partial charge in [0.1, 0.15) is 5.75 Å². The molecule has 0 aliphatic carbocycles. The van der Waals surface area contributed by atoms with Gasteiger partial charge in [0.2, 0.25) is 0 Å². The number of rotatable bonds is 6. The number of hydrogen-bond donors (Lipinski definition) is 0. The molecule has 2 aromatic carbocycles. The lowest BCUT2D eigenvalue weighted by molar-refractivity contribution is 0.275. The molecule has 118 valence electrons. The molecule has 2 aromatic rings. The molecule has 0 N–H and O–H groups in total. The first kappa shape index (κ1) is 16.8. The Kier molecular flexibility index (Phi) is 5.41. The average Bonchev–Trinajstić information content (AvgIpc) is 2.55. The summed E-state index contributed by atoms with van der Waals surface area (Å²) >= 11 is 0. The van der Waals surface area contributed by atoms with Crippen molar-refractivity contribution in [3.8, 4) is 16.9 Å². The highest BCUT2D eigenvalue weighted by molar-refractivity contribution is 7.52. The number of hydrogen-bond acceptors (Lipinski definition) is 4. The van der Waals surface area contributed by atoms with Crippen LogP contribution in [0.15, 0.2) is 42.5 Å². The fraction of sp³-hybridized carbons (Fsp3) is 0.294. The van der Waals surface area contributed by atoms with Crippen LogP contribution in [0.4, 0.5) is 0 Å². The van der Waals surface area contributed by atoms with Crippen LogP contribution in [0, 0.1) is 6.92 Å². The maximum Gasteiger partial charge on any atom is 0.334 e. The normalized spacial score (nSPS) is 11.5. The Balaban J connectivity index is 2.45. The number of aryl methyl sites for hydroxylation is 1. The highest BCUT2D eigenvalue weighted by Gasteiger charge is 2.23. The van der Waals surface area contributed by atoms with E-state index in [2.05, 4.69) is 0 Å². The van der Waals surface area contributed by atoms with Crippen molar-refractivity contribution >= 4 is 7.60 Å². The van der Waals surface area contributed by atoms with Crippen LogP contribution in [0.5, 0.6) is 5.75 Å². The maximum absolute atomic E-state index is 12.5. The van der Waals surface area contributed by atoms with Crippen molar-refractivity contribution in [3.05, 3.63) is 53.6 Å². The van der Waals surface area contributed by atoms with E-state index in [0.29, 0.717) is 0 Å². The lowest BCUT2D eigenvalue weighted by Gasteiger charge is -2.17. The zero-order valence-corrected chi connectivity index (χ0v) is 14.2. The first-order chi connectivity index (χ1) is 10.5. The van der Waals surface area contributed by atoms with Gasteiger partial charge in [-0.3, -0.25) is 4.57 Å². The van der Waals surface area contributed by atoms with E-state index in [9.17, 15) is 4.57 Å². The van der Waals surface area contributed by atoms with E-state index in [0.717, 1.165) is 28.0 Å². The van der Waals surface area contributed by atoms with Gasteiger partial charge in [-0.05, 0) is 35.7 Å². The van der Waals surface area contributed by atoms with Crippen LogP contribution in [0.2, 0.25) is 0 Å². The molecule has 0 atom stereocenters. The molecular weight excluding hydrogens is 299 g/mol. The zero-order chi connectivity index (χ0) is 16.2. The maximum atomic E-state index is 12.5. The second-order valence-electron chi connectivity index (χ2n) is 5.02. The minimum Gasteiger partial charge on any atom is -0.497 e. The van der Waals surface area contributed by atoms with Crippen LogP contribution < -0.4 is 4.74 Å². The van der Waals surface area contributed by atoms with E-state index in [1.807, 2.05) is 49.4 Å². The Hall–Kier alpha value is -1.61. The second-order valence-corrected chi connectivity index (χ2v) is 7.29. The third kappa shape index (κ3) is 3.77. The molecular formula is C17H21O4P. The van der Waals surface area contributed by atoms with Crippen molar-refractivity contribution in [1.29, 1.82) is 0 Å². The van der Waals surface area contributed by atoms with E-state index in [4.69, 9.17) is 13.8 Å². The molecule has 0 aliphatic heterocycles. The molecule has 0 saturated carbocycles. The lowest BCUT2D eigenvalue weighted by Crippen LogP contribution is -1.97. The molecule has 2 rings (SSSR count). The predicted octanol–water partition coefficient (Wildman–Crippen LogP) is 4.66. The monoisotopic (exact) mass is 320 g/mol. The van der Waals surface area contributed by atoms with Crippen molar-refractivity contribution in [2.45, 2.75) is 13.1 Å². The van der Waals surface area contributed by atoms with Crippen LogP contribution in [0.25, 0.3) is 11.1 Å². The van der Waals surface area contributed by atoms with Gasteiger partial charge >= 0.3 is 7.60 Å². The SMILES string of the molecule is COc1ccc(-c2ccc(C)cc2CP(=O)(OC)OC)cc1. The minimum atomic E-state index is -3.11. The summed E-state index contributed by atoms with van der Waals surface area (Å²) in [6.45, 7) is 2.01. The highest BCUT2D eigenvalue weighted by Crippen LogP contribution is 2.51. The molecule has 4 nitrogen and oxygen atoms in total. The summed E-state index contributed by atoms with van der Waals surface area (Å²) in [4.78, 5) is 0. The summed E-state index contributed by atoms with van der Waals surface area (Å²) in [5.74, 6) is 0.803. The van der Waals surface area contributed by atoms with Gasteiger partial charge in [0.05, 0.1) is 13.3 Å². The molecule has 5 heteroatoms. The van der Waals surface area contributed by atoms with E-state index in [-0.39, 0.29) is 6.16 Å². The number of ether oxygens (including phenoxy) is 1. The highest BCUT2D eigenvalue weighted by atomic mass is 31.2. The Bertz CT molecular complexity index is 672. The molecule has 0 bridgehead atoms. The molecule has 22 heavy (non-hydrogen) atoms. The predicted molar refractivity (Wildman–Crippen MR) is 88.5 cm³/mol. The van der Waals surface area contributed by atoms with E-state index in [1.54, 1.807) is 7.11 Å². The fourth-order valence-corrected chi connectivity index (χ4v) is 3.40. The molecule has 0 heterocycles. The van der Waals surface area contributed by atoms with Gasteiger partial charge in [-0.2, -0.15) is 0 Å². The number of benzene rings is 2. The Labute approximate surface area is 131 Å². The standard InChI is InChI=1S/C17H21O4P/c1-13-5-10-17(14-6-8-16(19-2)9-7-14)15(11-13)12-22(18,20-3)21-4/h5-11H,12H2,1-4H3. The molecule has 0 saturated heterocycles. The molecule has 0 unspecified atom stereocenters. The first-order valence-corrected chi connectivity index (χ1v) is 8.68. The van der Waals surface area contributed by atoms with Crippen molar-refractivity contribution in [3.63, 3.8) is 0 Å². The summed E-state index contributed by atoms with van der Waals surface area (Å²) in [5.41, 5.74) is 4.10. The topological polar surface area (TPSA) is 44.8 Å². The molecule has 0 radical (unpaired) electrons. The van der Waals surface area contributed by atoms with Gasteiger partial charge in [0.25, 0.3) is 0 Å². The quantitative estimate of drug-likeness (QED) is 0.726. The average molecular weight is 320 g/mol. The second kappa shape index (κ2) is 7.10. The van der Waals surface area contributed by atoms with Crippen LogP contribution >= 0.6 is 7.60 Å². The van der Waals surface area contributed by atoms with Crippen LogP contribution in [0.1, 0.15) is 11.1 Å². The van der Waals surface area contributed by atoms with Gasteiger partial charge < -0.3 is 13.8 Å². The zero-order valence-electron chi connectivity index (χ0n) is 13.3. The minimum absolute atomic E-state index is 0.239. The molecule has 0 fully saturated rings. The molecule has 0 aromatic heterocycles. The summed E-state index contributed by atoms with van der Waals surface area (Å²) in [6, 6.07) is 13.9. The van der Waals surface area contributed by atoms with Gasteiger partial charge in [0.15, 0.2) is 0 Å². The van der Waals surface area contributed by atoms with Gasteiger partial charge in [-0.1, -0.05) is 35.9 Å². The van der Waals surface area contributed by atoms with Gasteiger partial charge in [-0.25, -0.2) is 0 Å². The third-order valence-corrected chi connectivity index (χ3v) is 5.42. The van der Waals surface area contributed by atoms with E-state index >= 15 is 0 Å². The first-order valence-electron chi connectivity index (χ1n) is 6.96. The smallest absolute Gasteiger partial charge is 0.334 e. The van der Waals surface area contributed by atoms with Crippen molar-refractivity contribution in [1.82, 2.24) is 0 Å². The van der Waals surface area contributed by atoms with E-state index < -0.39 is 7.60 Å². The molecule has 0 spiro atoms. The molecule has 0 aliphatic rings. The van der Waals surface area contributed by atoms with Crippen molar-refractivity contribution in [2.75, 3.05) is 21.3 Å². The Morgan fingerprint density at radius 3 is 2.14 bits per heavy atom. The van der Waals surface area contributed by atoms with Gasteiger partial charge in [-0.15, -0.1) is 0 Å². The third-order valence-electron chi connectivity index (χ3n) is 3.58. The van der Waals surface area contributed by atoms with Crippen LogP contribution in [-0.4, -0.2) is 21.3 Å². The van der Waals surface area contributed by atoms with Crippen molar-refractivity contribution < 1.29 is 18.3 Å². The van der Waals surface area contributed by atoms with Crippen molar-refractivity contribution in [2.24, 2.45) is 0 Å². The fourth-order valence-electron chi connectivity index (χ4n) is 2.32. The van der Waals surface area contributed by atoms with Gasteiger partial charge in [0, 0.05) is 14.2 Å². The summed E-state index contributed by atoms with van der Waals surface area (Å²) < 4.78 is 27.8. The van der Waals surface area contributed by atoms with E-state index in [1.165, 1.54) is 14.2 Å². The summed E-state index contributed by atoms with van der Waals surface area (Å²) in [6.07, 6.45) is 0.239. The Morgan fingerprint density at radius 2 is 1.59 bits per heavy atom. The largest absolute Gasteiger partial charge is 0.497 e. The summed E-state index contributed by atoms with van der Waals surface area (Å²) in [5, 5.41) is 0. The molecule has 0 amide bonds. The van der Waals surface area contributed by atoms with Crippen LogP contribution in [-0.2, 0) is 19.8 Å². The lowest BCUT2D eigenvalue weighted by atomic mass is 9.99. The Morgan fingerprint density at radius 1 is 0.955 bits per heavy atom. The van der Waals surface area contributed by atoms with Crippen LogP contribution in [0.3, 0.4) is 0 Å². The summed E-state index contributed by atoms with van der Waals surface area (Å²) in [7, 11) is 1.35. The number of methoxy groups -OCH3 is 1.